The Morgan fingerprint density at radius 2 is 2.00 bits per heavy atom. The average Bonchev–Trinajstić information content (AvgIpc) is 3.46. The summed E-state index contributed by atoms with van der Waals surface area (Å²) < 4.78 is 11.2. The van der Waals surface area contributed by atoms with E-state index < -0.39 is 0 Å². The highest BCUT2D eigenvalue weighted by Crippen LogP contribution is 2.48. The van der Waals surface area contributed by atoms with Gasteiger partial charge in [-0.1, -0.05) is 23.7 Å². The molecule has 8 nitrogen and oxygen atoms in total. The molecule has 10 heteroatoms. The molecule has 1 amide bonds. The first-order chi connectivity index (χ1) is 17.4. The van der Waals surface area contributed by atoms with Gasteiger partial charge >= 0.3 is 0 Å². The molecule has 0 radical (unpaired) electrons. The minimum absolute atomic E-state index is 0.0536. The zero-order valence-corrected chi connectivity index (χ0v) is 22.0. The fraction of sp³-hybridized carbons (Fsp3) is 0.346. The minimum atomic E-state index is -0.370. The highest BCUT2D eigenvalue weighted by molar-refractivity contribution is 7.15. The predicted molar refractivity (Wildman–Crippen MR) is 143 cm³/mol. The number of H-pyrrole nitrogens is 1. The number of hydrogen-bond acceptors (Lipinski definition) is 7. The second-order valence-corrected chi connectivity index (χ2v) is 10.7. The van der Waals surface area contributed by atoms with Crippen molar-refractivity contribution in [1.29, 1.82) is 0 Å². The van der Waals surface area contributed by atoms with Crippen LogP contribution < -0.4 is 5.32 Å². The number of nitrogens with zero attached hydrogens (tertiary/aromatic N) is 3. The highest BCUT2D eigenvalue weighted by Gasteiger charge is 2.43. The van der Waals surface area contributed by atoms with Crippen LogP contribution >= 0.6 is 22.9 Å². The molecule has 5 rings (SSSR count). The Labute approximate surface area is 218 Å². The first-order valence-corrected chi connectivity index (χ1v) is 12.9. The minimum Gasteiger partial charge on any atom is -0.359 e. The van der Waals surface area contributed by atoms with E-state index in [1.807, 2.05) is 49.5 Å². The standard InChI is InChI=1S/C26H28ClN5O3S/c1-32(2)14-22(33)30-17-7-5-16(6-8-17)20-11-18-23(19(27)12-28-24(18)31-20)21-13-29-25(36-21)26(9-4-10-26)35-15-34-3/h5-8,11-13H,4,9-10,14-15H2,1-3H3,(H,28,31)(H,30,33). The van der Waals surface area contributed by atoms with Crippen molar-refractivity contribution in [3.8, 4) is 21.7 Å². The van der Waals surface area contributed by atoms with E-state index >= 15 is 0 Å². The molecule has 36 heavy (non-hydrogen) atoms. The van der Waals surface area contributed by atoms with Crippen molar-refractivity contribution in [3.63, 3.8) is 0 Å². The second kappa shape index (κ2) is 10.3. The van der Waals surface area contributed by atoms with Gasteiger partial charge in [0.05, 0.1) is 16.4 Å². The molecule has 1 fully saturated rings. The topological polar surface area (TPSA) is 92.4 Å². The van der Waals surface area contributed by atoms with Crippen LogP contribution in [-0.4, -0.2) is 60.3 Å². The van der Waals surface area contributed by atoms with Crippen molar-refractivity contribution in [2.75, 3.05) is 39.9 Å². The lowest BCUT2D eigenvalue weighted by molar-refractivity contribution is -0.171. The number of methoxy groups -OCH3 is 1. The Balaban J connectivity index is 1.43. The summed E-state index contributed by atoms with van der Waals surface area (Å²) in [5.41, 5.74) is 3.92. The van der Waals surface area contributed by atoms with E-state index in [-0.39, 0.29) is 18.3 Å². The van der Waals surface area contributed by atoms with Crippen LogP contribution in [0.5, 0.6) is 0 Å². The van der Waals surface area contributed by atoms with Gasteiger partial charge in [0.2, 0.25) is 5.91 Å². The number of carbonyl (C=O) groups excluding carboxylic acids is 1. The average molecular weight is 526 g/mol. The third-order valence-corrected chi connectivity index (χ3v) is 7.79. The fourth-order valence-electron chi connectivity index (χ4n) is 4.37. The number of likely N-dealkylation sites (N-methyl/N-ethyl adjacent to an activating group) is 1. The fourth-order valence-corrected chi connectivity index (χ4v) is 5.87. The number of thiazole rings is 1. The maximum atomic E-state index is 12.0. The normalized spacial score (nSPS) is 14.8. The Morgan fingerprint density at radius 3 is 2.67 bits per heavy atom. The molecule has 0 atom stereocenters. The van der Waals surface area contributed by atoms with Gasteiger partial charge in [-0.25, -0.2) is 9.97 Å². The molecule has 1 saturated carbocycles. The lowest BCUT2D eigenvalue weighted by Crippen LogP contribution is -2.37. The molecule has 3 heterocycles. The van der Waals surface area contributed by atoms with Gasteiger partial charge in [0.1, 0.15) is 23.0 Å². The molecular weight excluding hydrogens is 498 g/mol. The molecule has 4 aromatic rings. The predicted octanol–water partition coefficient (Wildman–Crippen LogP) is 5.51. The molecule has 0 unspecified atom stereocenters. The number of amides is 1. The van der Waals surface area contributed by atoms with Crippen molar-refractivity contribution in [2.24, 2.45) is 0 Å². The van der Waals surface area contributed by atoms with Crippen molar-refractivity contribution in [3.05, 3.63) is 52.8 Å². The van der Waals surface area contributed by atoms with E-state index in [9.17, 15) is 4.79 Å². The summed E-state index contributed by atoms with van der Waals surface area (Å²) in [6, 6.07) is 9.78. The smallest absolute Gasteiger partial charge is 0.238 e. The molecule has 3 aromatic heterocycles. The highest BCUT2D eigenvalue weighted by atomic mass is 35.5. The molecule has 188 valence electrons. The van der Waals surface area contributed by atoms with E-state index in [1.165, 1.54) is 0 Å². The van der Waals surface area contributed by atoms with Crippen molar-refractivity contribution in [1.82, 2.24) is 19.9 Å². The van der Waals surface area contributed by atoms with Crippen molar-refractivity contribution >= 4 is 45.6 Å². The number of halogens is 1. The first-order valence-electron chi connectivity index (χ1n) is 11.7. The number of nitrogens with one attached hydrogen (secondary N) is 2. The maximum Gasteiger partial charge on any atom is 0.238 e. The number of carbonyl (C=O) groups is 1. The number of benzene rings is 1. The maximum absolute atomic E-state index is 12.0. The van der Waals surface area contributed by atoms with Crippen LogP contribution in [0, 0.1) is 0 Å². The zero-order valence-electron chi connectivity index (χ0n) is 20.4. The summed E-state index contributed by atoms with van der Waals surface area (Å²) in [7, 11) is 5.35. The Bertz CT molecular complexity index is 1380. The summed E-state index contributed by atoms with van der Waals surface area (Å²) in [4.78, 5) is 27.5. The number of hydrogen-bond donors (Lipinski definition) is 2. The Hall–Kier alpha value is -2.82. The Kier molecular flexibility index (Phi) is 7.09. The molecule has 1 aromatic carbocycles. The zero-order chi connectivity index (χ0) is 25.3. The molecule has 0 saturated heterocycles. The summed E-state index contributed by atoms with van der Waals surface area (Å²) in [6.07, 6.45) is 6.52. The van der Waals surface area contributed by atoms with Crippen LogP contribution in [0.4, 0.5) is 5.69 Å². The van der Waals surface area contributed by atoms with Gasteiger partial charge in [0.15, 0.2) is 0 Å². The first kappa shape index (κ1) is 24.9. The van der Waals surface area contributed by atoms with Gasteiger partial charge in [-0.3, -0.25) is 4.79 Å². The van der Waals surface area contributed by atoms with Gasteiger partial charge in [0.25, 0.3) is 0 Å². The number of aromatic nitrogens is 3. The van der Waals surface area contributed by atoms with E-state index in [1.54, 1.807) is 24.6 Å². The van der Waals surface area contributed by atoms with Crippen LogP contribution in [0.3, 0.4) is 0 Å². The monoisotopic (exact) mass is 525 g/mol. The van der Waals surface area contributed by atoms with Crippen LogP contribution in [0.1, 0.15) is 24.3 Å². The molecule has 1 aliphatic carbocycles. The van der Waals surface area contributed by atoms with Crippen LogP contribution in [0.2, 0.25) is 5.02 Å². The van der Waals surface area contributed by atoms with E-state index in [0.29, 0.717) is 11.6 Å². The second-order valence-electron chi connectivity index (χ2n) is 9.22. The van der Waals surface area contributed by atoms with Gasteiger partial charge in [-0.2, -0.15) is 0 Å². The number of aromatic amines is 1. The quantitative estimate of drug-likeness (QED) is 0.280. The van der Waals surface area contributed by atoms with Gasteiger partial charge in [-0.05, 0) is 57.1 Å². The number of ether oxygens (including phenoxy) is 2. The van der Waals surface area contributed by atoms with Crippen LogP contribution in [0.25, 0.3) is 32.7 Å². The number of fused-ring (bicyclic) bond motifs is 1. The van der Waals surface area contributed by atoms with Gasteiger partial charge in [-0.15, -0.1) is 11.3 Å². The number of anilines is 1. The third-order valence-electron chi connectivity index (χ3n) is 6.31. The largest absolute Gasteiger partial charge is 0.359 e. The lowest BCUT2D eigenvalue weighted by atomic mass is 9.80. The van der Waals surface area contributed by atoms with E-state index in [0.717, 1.165) is 62.7 Å². The number of rotatable bonds is 9. The van der Waals surface area contributed by atoms with Crippen LogP contribution in [-0.2, 0) is 19.9 Å². The van der Waals surface area contributed by atoms with Crippen LogP contribution in [0.15, 0.2) is 42.7 Å². The SMILES string of the molecule is COCOC1(c2ncc(-c3c(Cl)cnc4[nH]c(-c5ccc(NC(=O)CN(C)C)cc5)cc34)s2)CCC1. The third kappa shape index (κ3) is 4.89. The molecular formula is C26H28ClN5O3S. The number of pyridine rings is 1. The van der Waals surface area contributed by atoms with Crippen molar-refractivity contribution < 1.29 is 14.3 Å². The lowest BCUT2D eigenvalue weighted by Gasteiger charge is -2.39. The van der Waals surface area contributed by atoms with E-state index in [4.69, 9.17) is 26.1 Å². The summed E-state index contributed by atoms with van der Waals surface area (Å²) >= 11 is 8.26. The van der Waals surface area contributed by atoms with Crippen molar-refractivity contribution in [2.45, 2.75) is 24.9 Å². The summed E-state index contributed by atoms with van der Waals surface area (Å²) in [6.45, 7) is 0.576. The molecule has 1 aliphatic rings. The molecule has 2 N–H and O–H groups in total. The molecule has 0 spiro atoms. The Morgan fingerprint density at radius 1 is 1.22 bits per heavy atom. The summed E-state index contributed by atoms with van der Waals surface area (Å²) in [5.74, 6) is -0.0536. The molecule has 0 aliphatic heterocycles. The van der Waals surface area contributed by atoms with E-state index in [2.05, 4.69) is 21.4 Å². The van der Waals surface area contributed by atoms with Gasteiger partial charge < -0.3 is 24.7 Å². The molecule has 0 bridgehead atoms. The van der Waals surface area contributed by atoms with Gasteiger partial charge in [0, 0.05) is 41.8 Å². The summed E-state index contributed by atoms with van der Waals surface area (Å²) in [5, 5.41) is 5.36.